The van der Waals surface area contributed by atoms with Gasteiger partial charge in [-0.2, -0.15) is 5.10 Å². The molecule has 1 spiro atoms. The molecule has 0 aliphatic carbocycles. The summed E-state index contributed by atoms with van der Waals surface area (Å²) in [5.74, 6) is 0.0822. The summed E-state index contributed by atoms with van der Waals surface area (Å²) in [7, 11) is 3.82. The number of carbonyl (C=O) groups excluding carboxylic acids is 2. The molecule has 8 heteroatoms. The van der Waals surface area contributed by atoms with Gasteiger partial charge in [0.1, 0.15) is 0 Å². The van der Waals surface area contributed by atoms with Gasteiger partial charge >= 0.3 is 0 Å². The zero-order chi connectivity index (χ0) is 20.9. The van der Waals surface area contributed by atoms with Gasteiger partial charge in [-0.1, -0.05) is 6.07 Å². The predicted octanol–water partition coefficient (Wildman–Crippen LogP) is 1.53. The highest BCUT2D eigenvalue weighted by Gasteiger charge is 2.48. The van der Waals surface area contributed by atoms with E-state index in [1.165, 1.54) is 0 Å². The van der Waals surface area contributed by atoms with Crippen LogP contribution in [-0.4, -0.2) is 75.1 Å². The molecule has 0 saturated carbocycles. The number of fused-ring (bicyclic) bond motifs is 1. The number of amides is 2. The Balaban J connectivity index is 1.38. The Morgan fingerprint density at radius 3 is 2.83 bits per heavy atom. The first-order chi connectivity index (χ1) is 14.4. The Morgan fingerprint density at radius 2 is 2.03 bits per heavy atom. The standard InChI is InChI=1S/C22H24N6O2/c1-25-13-20(29)28(18-11-24-26(2)12-18)15-22(25)7-9-27(14-22)21(30)17-5-6-19-16(10-17)4-3-8-23-19/h3-6,8,10-12H,7,9,13-15H2,1-2H3. The molecule has 8 nitrogen and oxygen atoms in total. The third-order valence-corrected chi connectivity index (χ3v) is 6.41. The fraction of sp³-hybridized carbons (Fsp3) is 0.364. The summed E-state index contributed by atoms with van der Waals surface area (Å²) in [5.41, 5.74) is 2.11. The lowest BCUT2D eigenvalue weighted by Crippen LogP contribution is -2.64. The van der Waals surface area contributed by atoms with Crippen LogP contribution in [0.3, 0.4) is 0 Å². The summed E-state index contributed by atoms with van der Waals surface area (Å²) in [6.07, 6.45) is 6.16. The molecule has 3 aromatic rings. The average Bonchev–Trinajstić information content (AvgIpc) is 3.37. The largest absolute Gasteiger partial charge is 0.337 e. The van der Waals surface area contributed by atoms with Crippen LogP contribution in [0.4, 0.5) is 5.69 Å². The Bertz CT molecular complexity index is 1140. The monoisotopic (exact) mass is 404 g/mol. The van der Waals surface area contributed by atoms with Gasteiger partial charge in [-0.15, -0.1) is 0 Å². The van der Waals surface area contributed by atoms with E-state index >= 15 is 0 Å². The molecule has 2 aromatic heterocycles. The predicted molar refractivity (Wildman–Crippen MR) is 113 cm³/mol. The zero-order valence-electron chi connectivity index (χ0n) is 17.2. The minimum atomic E-state index is -0.252. The fourth-order valence-electron chi connectivity index (χ4n) is 4.60. The Kier molecular flexibility index (Phi) is 4.32. The minimum absolute atomic E-state index is 0.0239. The Morgan fingerprint density at radius 1 is 1.17 bits per heavy atom. The summed E-state index contributed by atoms with van der Waals surface area (Å²) in [6.45, 7) is 2.15. The molecular weight excluding hydrogens is 380 g/mol. The number of nitrogens with zero attached hydrogens (tertiary/aromatic N) is 6. The first kappa shape index (κ1) is 18.7. The average molecular weight is 404 g/mol. The Hall–Kier alpha value is -3.26. The van der Waals surface area contributed by atoms with Crippen LogP contribution in [0.15, 0.2) is 48.9 Å². The van der Waals surface area contributed by atoms with E-state index in [0.717, 1.165) is 23.0 Å². The fourth-order valence-corrected chi connectivity index (χ4v) is 4.60. The van der Waals surface area contributed by atoms with E-state index in [1.54, 1.807) is 17.1 Å². The van der Waals surface area contributed by atoms with Gasteiger partial charge in [0.2, 0.25) is 5.91 Å². The smallest absolute Gasteiger partial charge is 0.253 e. The molecule has 2 amide bonds. The van der Waals surface area contributed by atoms with Crippen LogP contribution in [0.25, 0.3) is 10.9 Å². The van der Waals surface area contributed by atoms with E-state index in [1.807, 2.05) is 60.4 Å². The molecule has 0 radical (unpaired) electrons. The van der Waals surface area contributed by atoms with Gasteiger partial charge in [0.05, 0.1) is 29.5 Å². The van der Waals surface area contributed by atoms with Crippen molar-refractivity contribution in [3.05, 3.63) is 54.5 Å². The highest BCUT2D eigenvalue weighted by molar-refractivity contribution is 5.98. The lowest BCUT2D eigenvalue weighted by atomic mass is 9.93. The second-order valence-electron chi connectivity index (χ2n) is 8.32. The summed E-state index contributed by atoms with van der Waals surface area (Å²) in [6, 6.07) is 9.49. The number of aromatic nitrogens is 3. The number of aryl methyl sites for hydroxylation is 1. The maximum Gasteiger partial charge on any atom is 0.253 e. The molecule has 1 unspecified atom stereocenters. The van der Waals surface area contributed by atoms with Gasteiger partial charge in [0, 0.05) is 50.0 Å². The van der Waals surface area contributed by atoms with Crippen molar-refractivity contribution in [2.24, 2.45) is 7.05 Å². The summed E-state index contributed by atoms with van der Waals surface area (Å²) < 4.78 is 1.70. The number of hydrogen-bond donors (Lipinski definition) is 0. The van der Waals surface area contributed by atoms with Crippen LogP contribution < -0.4 is 4.90 Å². The van der Waals surface area contributed by atoms with E-state index in [2.05, 4.69) is 15.0 Å². The van der Waals surface area contributed by atoms with Gasteiger partial charge in [0.15, 0.2) is 0 Å². The van der Waals surface area contributed by atoms with Crippen molar-refractivity contribution in [3.63, 3.8) is 0 Å². The van der Waals surface area contributed by atoms with Gasteiger partial charge < -0.3 is 9.80 Å². The molecule has 2 aliphatic heterocycles. The van der Waals surface area contributed by atoms with Crippen molar-refractivity contribution < 1.29 is 9.59 Å². The second kappa shape index (κ2) is 6.91. The van der Waals surface area contributed by atoms with Crippen molar-refractivity contribution in [1.82, 2.24) is 24.6 Å². The first-order valence-electron chi connectivity index (χ1n) is 10.1. The van der Waals surface area contributed by atoms with Crippen molar-refractivity contribution in [3.8, 4) is 0 Å². The van der Waals surface area contributed by atoms with E-state index in [9.17, 15) is 9.59 Å². The summed E-state index contributed by atoms with van der Waals surface area (Å²) in [5, 5.41) is 5.17. The molecule has 2 fully saturated rings. The van der Waals surface area contributed by atoms with Crippen LogP contribution in [0.1, 0.15) is 16.8 Å². The second-order valence-corrected chi connectivity index (χ2v) is 8.32. The molecule has 154 valence electrons. The number of rotatable bonds is 2. The molecule has 1 atom stereocenters. The van der Waals surface area contributed by atoms with E-state index < -0.39 is 0 Å². The zero-order valence-corrected chi connectivity index (χ0v) is 17.2. The molecule has 2 saturated heterocycles. The Labute approximate surface area is 174 Å². The maximum absolute atomic E-state index is 13.2. The van der Waals surface area contributed by atoms with Crippen LogP contribution in [-0.2, 0) is 11.8 Å². The summed E-state index contributed by atoms with van der Waals surface area (Å²) >= 11 is 0. The van der Waals surface area contributed by atoms with Gasteiger partial charge in [-0.3, -0.25) is 24.2 Å². The van der Waals surface area contributed by atoms with Gasteiger partial charge in [0.25, 0.3) is 5.91 Å². The van der Waals surface area contributed by atoms with Crippen molar-refractivity contribution in [1.29, 1.82) is 0 Å². The minimum Gasteiger partial charge on any atom is -0.337 e. The number of piperazine rings is 1. The van der Waals surface area contributed by atoms with E-state index in [4.69, 9.17) is 0 Å². The van der Waals surface area contributed by atoms with Gasteiger partial charge in [-0.05, 0) is 37.7 Å². The number of carbonyl (C=O) groups is 2. The van der Waals surface area contributed by atoms with Crippen LogP contribution in [0.2, 0.25) is 0 Å². The molecular formula is C22H24N6O2. The van der Waals surface area contributed by atoms with Crippen molar-refractivity contribution in [2.75, 3.05) is 38.1 Å². The lowest BCUT2D eigenvalue weighted by Gasteiger charge is -2.46. The van der Waals surface area contributed by atoms with Crippen molar-refractivity contribution in [2.45, 2.75) is 12.0 Å². The highest BCUT2D eigenvalue weighted by atomic mass is 16.2. The molecule has 0 bridgehead atoms. The number of likely N-dealkylation sites (tertiary alicyclic amines) is 1. The molecule has 4 heterocycles. The number of pyridine rings is 1. The molecule has 30 heavy (non-hydrogen) atoms. The first-order valence-corrected chi connectivity index (χ1v) is 10.1. The van der Waals surface area contributed by atoms with Crippen LogP contribution >= 0.6 is 0 Å². The molecule has 0 N–H and O–H groups in total. The lowest BCUT2D eigenvalue weighted by molar-refractivity contribution is -0.123. The third-order valence-electron chi connectivity index (χ3n) is 6.41. The number of hydrogen-bond acceptors (Lipinski definition) is 5. The van der Waals surface area contributed by atoms with Crippen LogP contribution in [0, 0.1) is 0 Å². The topological polar surface area (TPSA) is 74.6 Å². The van der Waals surface area contributed by atoms with E-state index in [0.29, 0.717) is 31.7 Å². The SMILES string of the molecule is CN1CC(=O)N(c2cnn(C)c2)CC12CCN(C(=O)c1ccc3ncccc3c1)C2. The number of likely N-dealkylation sites (N-methyl/N-ethyl adjacent to an activating group) is 1. The summed E-state index contributed by atoms with van der Waals surface area (Å²) in [4.78, 5) is 36.1. The van der Waals surface area contributed by atoms with Crippen LogP contribution in [0.5, 0.6) is 0 Å². The molecule has 1 aromatic carbocycles. The maximum atomic E-state index is 13.2. The molecule has 5 rings (SSSR count). The van der Waals surface area contributed by atoms with E-state index in [-0.39, 0.29) is 17.4 Å². The quantitative estimate of drug-likeness (QED) is 0.648. The highest BCUT2D eigenvalue weighted by Crippen LogP contribution is 2.34. The number of benzene rings is 1. The normalized spacial score (nSPS) is 22.4. The molecule has 2 aliphatic rings. The third kappa shape index (κ3) is 3.04. The van der Waals surface area contributed by atoms with Gasteiger partial charge in [-0.25, -0.2) is 0 Å². The number of anilines is 1. The van der Waals surface area contributed by atoms with Crippen molar-refractivity contribution >= 4 is 28.4 Å².